The molecule has 0 radical (unpaired) electrons. The van der Waals surface area contributed by atoms with Crippen LogP contribution in [0.25, 0.3) is 0 Å². The Morgan fingerprint density at radius 2 is 1.62 bits per heavy atom. The van der Waals surface area contributed by atoms with E-state index < -0.39 is 5.41 Å². The number of carbonyl (C=O) groups is 2. The van der Waals surface area contributed by atoms with Gasteiger partial charge in [-0.05, 0) is 43.7 Å². The number of para-hydroxylation sites is 1. The summed E-state index contributed by atoms with van der Waals surface area (Å²) in [6.07, 6.45) is 0. The number of hydrogen-bond donors (Lipinski definition) is 1. The van der Waals surface area contributed by atoms with Crippen molar-refractivity contribution in [2.45, 2.75) is 20.4 Å². The summed E-state index contributed by atoms with van der Waals surface area (Å²) in [6.45, 7) is 3.43. The molecule has 0 fully saturated rings. The fraction of sp³-hybridized carbons (Fsp3) is 0.263. The van der Waals surface area contributed by atoms with Crippen molar-refractivity contribution in [3.63, 3.8) is 0 Å². The second-order valence-corrected chi connectivity index (χ2v) is 6.13. The fourth-order valence-corrected chi connectivity index (χ4v) is 2.29. The van der Waals surface area contributed by atoms with Crippen LogP contribution in [0.15, 0.2) is 54.6 Å². The van der Waals surface area contributed by atoms with E-state index in [1.54, 1.807) is 33.0 Å². The van der Waals surface area contributed by atoms with Crippen LogP contribution in [0.1, 0.15) is 19.4 Å². The summed E-state index contributed by atoms with van der Waals surface area (Å²) in [5.41, 5.74) is 0.274. The maximum absolute atomic E-state index is 12.9. The van der Waals surface area contributed by atoms with Gasteiger partial charge >= 0.3 is 0 Å². The summed E-state index contributed by atoms with van der Waals surface area (Å²) in [4.78, 5) is 26.6. The molecular weight excluding hydrogens is 307 g/mol. The zero-order valence-corrected chi connectivity index (χ0v) is 14.0. The molecular formula is C19H21FN2O2. The number of carbonyl (C=O) groups excluding carboxylic acids is 2. The molecule has 24 heavy (non-hydrogen) atoms. The number of halogens is 1. The van der Waals surface area contributed by atoms with Gasteiger partial charge < -0.3 is 10.2 Å². The first-order valence-electron chi connectivity index (χ1n) is 7.68. The van der Waals surface area contributed by atoms with Crippen LogP contribution in [-0.2, 0) is 16.1 Å². The van der Waals surface area contributed by atoms with E-state index in [4.69, 9.17) is 0 Å². The van der Waals surface area contributed by atoms with Crippen LogP contribution in [0.4, 0.5) is 10.1 Å². The second kappa shape index (κ2) is 7.25. The van der Waals surface area contributed by atoms with Gasteiger partial charge in [0.2, 0.25) is 11.8 Å². The topological polar surface area (TPSA) is 49.4 Å². The van der Waals surface area contributed by atoms with Crippen molar-refractivity contribution in [2.75, 3.05) is 11.9 Å². The number of rotatable bonds is 5. The smallest absolute Gasteiger partial charge is 0.241 e. The largest absolute Gasteiger partial charge is 0.351 e. The standard InChI is InChI=1S/C19H21FN2O2/c1-19(2,18(24)22(3)16-7-5-4-6-8-16)17(23)21-13-14-9-11-15(20)12-10-14/h4-12H,13H2,1-3H3,(H,21,23). The van der Waals surface area contributed by atoms with Crippen molar-refractivity contribution in [2.24, 2.45) is 5.41 Å². The highest BCUT2D eigenvalue weighted by atomic mass is 19.1. The highest BCUT2D eigenvalue weighted by Gasteiger charge is 2.38. The minimum Gasteiger partial charge on any atom is -0.351 e. The molecule has 0 bridgehead atoms. The zero-order chi connectivity index (χ0) is 17.7. The van der Waals surface area contributed by atoms with Crippen LogP contribution in [0, 0.1) is 11.2 Å². The van der Waals surface area contributed by atoms with E-state index in [1.165, 1.54) is 17.0 Å². The van der Waals surface area contributed by atoms with Gasteiger partial charge in [0.15, 0.2) is 0 Å². The lowest BCUT2D eigenvalue weighted by molar-refractivity contribution is -0.139. The van der Waals surface area contributed by atoms with E-state index in [1.807, 2.05) is 30.3 Å². The van der Waals surface area contributed by atoms with Gasteiger partial charge in [-0.3, -0.25) is 9.59 Å². The molecule has 0 aliphatic heterocycles. The number of hydrogen-bond acceptors (Lipinski definition) is 2. The summed E-state index contributed by atoms with van der Waals surface area (Å²) >= 11 is 0. The molecule has 126 valence electrons. The van der Waals surface area contributed by atoms with E-state index in [9.17, 15) is 14.0 Å². The van der Waals surface area contributed by atoms with Crippen LogP contribution >= 0.6 is 0 Å². The van der Waals surface area contributed by atoms with E-state index >= 15 is 0 Å². The van der Waals surface area contributed by atoms with Crippen LogP contribution in [0.2, 0.25) is 0 Å². The van der Waals surface area contributed by atoms with Gasteiger partial charge in [0.05, 0.1) is 0 Å². The van der Waals surface area contributed by atoms with Crippen LogP contribution < -0.4 is 10.2 Å². The Labute approximate surface area is 141 Å². The molecule has 0 saturated heterocycles. The number of nitrogens with zero attached hydrogens (tertiary/aromatic N) is 1. The summed E-state index contributed by atoms with van der Waals surface area (Å²) in [6, 6.07) is 15.0. The van der Waals surface area contributed by atoms with E-state index in [0.29, 0.717) is 0 Å². The number of anilines is 1. The first kappa shape index (κ1) is 17.7. The van der Waals surface area contributed by atoms with Gasteiger partial charge in [0.25, 0.3) is 0 Å². The summed E-state index contributed by atoms with van der Waals surface area (Å²) in [5.74, 6) is -1.00. The average Bonchev–Trinajstić information content (AvgIpc) is 2.60. The Morgan fingerprint density at radius 1 is 1.04 bits per heavy atom. The predicted octanol–water partition coefficient (Wildman–Crippen LogP) is 3.13. The zero-order valence-electron chi connectivity index (χ0n) is 14.0. The highest BCUT2D eigenvalue weighted by molar-refractivity contribution is 6.10. The molecule has 0 aromatic heterocycles. The van der Waals surface area contributed by atoms with Crippen LogP contribution in [0.5, 0.6) is 0 Å². The first-order valence-corrected chi connectivity index (χ1v) is 7.68. The highest BCUT2D eigenvalue weighted by Crippen LogP contribution is 2.23. The summed E-state index contributed by atoms with van der Waals surface area (Å²) in [5, 5.41) is 2.74. The van der Waals surface area contributed by atoms with E-state index in [0.717, 1.165) is 11.3 Å². The lowest BCUT2D eigenvalue weighted by atomic mass is 9.90. The molecule has 0 unspecified atom stereocenters. The number of benzene rings is 2. The second-order valence-electron chi connectivity index (χ2n) is 6.13. The SMILES string of the molecule is CN(C(=O)C(C)(C)C(=O)NCc1ccc(F)cc1)c1ccccc1. The lowest BCUT2D eigenvalue weighted by Gasteiger charge is -2.28. The monoisotopic (exact) mass is 328 g/mol. The normalized spacial score (nSPS) is 11.0. The van der Waals surface area contributed by atoms with Crippen molar-refractivity contribution in [3.8, 4) is 0 Å². The van der Waals surface area contributed by atoms with Crippen molar-refractivity contribution in [3.05, 3.63) is 66.0 Å². The van der Waals surface area contributed by atoms with Crippen molar-refractivity contribution < 1.29 is 14.0 Å². The summed E-state index contributed by atoms with van der Waals surface area (Å²) in [7, 11) is 1.65. The van der Waals surface area contributed by atoms with E-state index in [2.05, 4.69) is 5.32 Å². The molecule has 4 nitrogen and oxygen atoms in total. The maximum atomic E-state index is 12.9. The van der Waals surface area contributed by atoms with Gasteiger partial charge in [-0.2, -0.15) is 0 Å². The minimum absolute atomic E-state index is 0.241. The Bertz CT molecular complexity index is 712. The number of amides is 2. The van der Waals surface area contributed by atoms with Crippen LogP contribution in [0.3, 0.4) is 0 Å². The molecule has 2 rings (SSSR count). The average molecular weight is 328 g/mol. The van der Waals surface area contributed by atoms with Crippen molar-refractivity contribution in [1.82, 2.24) is 5.32 Å². The minimum atomic E-state index is -1.22. The quantitative estimate of drug-likeness (QED) is 0.857. The summed E-state index contributed by atoms with van der Waals surface area (Å²) < 4.78 is 12.9. The third kappa shape index (κ3) is 3.98. The first-order chi connectivity index (χ1) is 11.3. The molecule has 2 amide bonds. The van der Waals surface area contributed by atoms with Gasteiger partial charge in [0, 0.05) is 19.3 Å². The molecule has 0 aliphatic carbocycles. The lowest BCUT2D eigenvalue weighted by Crippen LogP contribution is -2.48. The fourth-order valence-electron chi connectivity index (χ4n) is 2.29. The number of nitrogens with one attached hydrogen (secondary N) is 1. The van der Waals surface area contributed by atoms with Crippen LogP contribution in [-0.4, -0.2) is 18.9 Å². The maximum Gasteiger partial charge on any atom is 0.241 e. The Hall–Kier alpha value is -2.69. The Morgan fingerprint density at radius 3 is 2.21 bits per heavy atom. The molecule has 0 atom stereocenters. The predicted molar refractivity (Wildman–Crippen MR) is 91.9 cm³/mol. The molecule has 0 aliphatic rings. The molecule has 1 N–H and O–H groups in total. The Kier molecular flexibility index (Phi) is 5.34. The van der Waals surface area contributed by atoms with E-state index in [-0.39, 0.29) is 24.2 Å². The molecule has 2 aromatic rings. The van der Waals surface area contributed by atoms with Gasteiger partial charge in [-0.15, -0.1) is 0 Å². The van der Waals surface area contributed by atoms with Crippen molar-refractivity contribution in [1.29, 1.82) is 0 Å². The molecule has 0 heterocycles. The molecule has 0 saturated carbocycles. The van der Waals surface area contributed by atoms with Crippen molar-refractivity contribution >= 4 is 17.5 Å². The van der Waals surface area contributed by atoms with Gasteiger partial charge in [0.1, 0.15) is 11.2 Å². The molecule has 0 spiro atoms. The van der Waals surface area contributed by atoms with Gasteiger partial charge in [-0.1, -0.05) is 30.3 Å². The molecule has 5 heteroatoms. The third-order valence-corrected chi connectivity index (χ3v) is 3.92. The molecule has 2 aromatic carbocycles. The third-order valence-electron chi connectivity index (χ3n) is 3.92. The Balaban J connectivity index is 2.03. The van der Waals surface area contributed by atoms with Gasteiger partial charge in [-0.25, -0.2) is 4.39 Å².